The highest BCUT2D eigenvalue weighted by Gasteiger charge is 2.31. The third-order valence-corrected chi connectivity index (χ3v) is 3.36. The van der Waals surface area contributed by atoms with E-state index in [-0.39, 0.29) is 30.3 Å². The molecule has 1 heterocycles. The average molecular weight is 270 g/mol. The number of halogens is 1. The Hall–Kier alpha value is -1.06. The minimum atomic E-state index is -0.179. The molecule has 0 unspecified atom stereocenters. The molecule has 18 heavy (non-hydrogen) atoms. The average Bonchev–Trinajstić information content (AvgIpc) is 2.41. The number of carbonyl (C=O) groups excluding carboxylic acids is 1. The van der Waals surface area contributed by atoms with Crippen molar-refractivity contribution < 1.29 is 9.53 Å². The number of methoxy groups -OCH3 is 1. The van der Waals surface area contributed by atoms with E-state index in [1.807, 2.05) is 30.3 Å². The van der Waals surface area contributed by atoms with Crippen LogP contribution >= 0.6 is 12.4 Å². The van der Waals surface area contributed by atoms with Gasteiger partial charge in [0.25, 0.3) is 0 Å². The highest BCUT2D eigenvalue weighted by molar-refractivity contribution is 5.85. The predicted molar refractivity (Wildman–Crippen MR) is 74.1 cm³/mol. The number of ether oxygens (including phenoxy) is 1. The fraction of sp³-hybridized carbons (Fsp3) is 0.500. The molecule has 0 radical (unpaired) electrons. The quantitative estimate of drug-likeness (QED) is 0.857. The molecule has 0 aromatic heterocycles. The predicted octanol–water partition coefficient (Wildman–Crippen LogP) is 2.51. The molecule has 1 aliphatic rings. The smallest absolute Gasteiger partial charge is 0.314 e. The van der Waals surface area contributed by atoms with E-state index in [1.165, 1.54) is 20.0 Å². The Labute approximate surface area is 114 Å². The monoisotopic (exact) mass is 269 g/mol. The SMILES string of the molecule is COC(=O)[C@@H](c1ccccc1)[C@@H]1CCCCN1.Cl. The number of hydrogen-bond acceptors (Lipinski definition) is 3. The maximum atomic E-state index is 11.9. The van der Waals surface area contributed by atoms with Crippen LogP contribution < -0.4 is 5.32 Å². The first-order valence-electron chi connectivity index (χ1n) is 6.19. The number of rotatable bonds is 3. The van der Waals surface area contributed by atoms with Crippen molar-refractivity contribution in [3.8, 4) is 0 Å². The standard InChI is InChI=1S/C14H19NO2.ClH/c1-17-14(16)13(11-7-3-2-4-8-11)12-9-5-6-10-15-12;/h2-4,7-8,12-13,15H,5-6,9-10H2,1H3;1H/t12-,13-;/m0./s1. The first kappa shape index (κ1) is 15.0. The summed E-state index contributed by atoms with van der Waals surface area (Å²) >= 11 is 0. The molecule has 2 rings (SSSR count). The first-order chi connectivity index (χ1) is 8.33. The van der Waals surface area contributed by atoms with Crippen LogP contribution in [0.25, 0.3) is 0 Å². The Morgan fingerprint density at radius 1 is 1.33 bits per heavy atom. The van der Waals surface area contributed by atoms with Gasteiger partial charge in [-0.15, -0.1) is 12.4 Å². The molecule has 1 fully saturated rings. The van der Waals surface area contributed by atoms with Gasteiger partial charge in [0.05, 0.1) is 13.0 Å². The highest BCUT2D eigenvalue weighted by atomic mass is 35.5. The minimum absolute atomic E-state index is 0. The molecule has 0 spiro atoms. The lowest BCUT2D eigenvalue weighted by Crippen LogP contribution is -2.42. The van der Waals surface area contributed by atoms with Gasteiger partial charge in [0, 0.05) is 6.04 Å². The van der Waals surface area contributed by atoms with Gasteiger partial charge in [-0.05, 0) is 24.9 Å². The molecule has 1 aliphatic heterocycles. The van der Waals surface area contributed by atoms with E-state index in [2.05, 4.69) is 5.32 Å². The van der Waals surface area contributed by atoms with Crippen LogP contribution in [0.3, 0.4) is 0 Å². The molecule has 100 valence electrons. The van der Waals surface area contributed by atoms with Crippen LogP contribution in [-0.4, -0.2) is 25.7 Å². The summed E-state index contributed by atoms with van der Waals surface area (Å²) in [7, 11) is 1.46. The summed E-state index contributed by atoms with van der Waals surface area (Å²) in [5.74, 6) is -0.322. The summed E-state index contributed by atoms with van der Waals surface area (Å²) < 4.78 is 4.94. The molecule has 2 atom stereocenters. The molecular formula is C14H20ClNO2. The van der Waals surface area contributed by atoms with Gasteiger partial charge in [-0.25, -0.2) is 0 Å². The number of benzene rings is 1. The van der Waals surface area contributed by atoms with E-state index in [1.54, 1.807) is 0 Å². The fourth-order valence-electron chi connectivity index (χ4n) is 2.48. The molecule has 0 aliphatic carbocycles. The van der Waals surface area contributed by atoms with Crippen LogP contribution in [0, 0.1) is 0 Å². The third-order valence-electron chi connectivity index (χ3n) is 3.36. The Bertz CT molecular complexity index is 363. The summed E-state index contributed by atoms with van der Waals surface area (Å²) in [5.41, 5.74) is 1.04. The zero-order valence-electron chi connectivity index (χ0n) is 10.6. The van der Waals surface area contributed by atoms with E-state index in [0.717, 1.165) is 18.5 Å². The number of esters is 1. The summed E-state index contributed by atoms with van der Waals surface area (Å²) in [6.45, 7) is 0.991. The lowest BCUT2D eigenvalue weighted by molar-refractivity contribution is -0.143. The molecule has 0 saturated carbocycles. The van der Waals surface area contributed by atoms with Crippen molar-refractivity contribution in [3.05, 3.63) is 35.9 Å². The zero-order chi connectivity index (χ0) is 12.1. The molecular weight excluding hydrogens is 250 g/mol. The third kappa shape index (κ3) is 3.47. The number of carbonyl (C=O) groups is 1. The summed E-state index contributed by atoms with van der Waals surface area (Å²) in [6.07, 6.45) is 3.41. The second-order valence-electron chi connectivity index (χ2n) is 4.47. The van der Waals surface area contributed by atoms with Gasteiger partial charge in [0.2, 0.25) is 0 Å². The molecule has 0 bridgehead atoms. The summed E-state index contributed by atoms with van der Waals surface area (Å²) in [6, 6.07) is 10.1. The molecule has 1 N–H and O–H groups in total. The molecule has 1 aromatic carbocycles. The van der Waals surface area contributed by atoms with Gasteiger partial charge in [0.1, 0.15) is 0 Å². The molecule has 0 amide bonds. The molecule has 1 saturated heterocycles. The summed E-state index contributed by atoms with van der Waals surface area (Å²) in [5, 5.41) is 3.43. The van der Waals surface area contributed by atoms with Crippen LogP contribution in [0.2, 0.25) is 0 Å². The van der Waals surface area contributed by atoms with Crippen molar-refractivity contribution in [2.45, 2.75) is 31.2 Å². The van der Waals surface area contributed by atoms with E-state index < -0.39 is 0 Å². The Kier molecular flexibility index (Phi) is 6.16. The maximum Gasteiger partial charge on any atom is 0.314 e. The fourth-order valence-corrected chi connectivity index (χ4v) is 2.48. The minimum Gasteiger partial charge on any atom is -0.469 e. The van der Waals surface area contributed by atoms with Crippen LogP contribution in [0.15, 0.2) is 30.3 Å². The largest absolute Gasteiger partial charge is 0.469 e. The van der Waals surface area contributed by atoms with E-state index >= 15 is 0 Å². The van der Waals surface area contributed by atoms with Gasteiger partial charge in [-0.3, -0.25) is 4.79 Å². The van der Waals surface area contributed by atoms with Crippen LogP contribution in [-0.2, 0) is 9.53 Å². The number of nitrogens with one attached hydrogen (secondary N) is 1. The molecule has 4 heteroatoms. The zero-order valence-corrected chi connectivity index (χ0v) is 11.4. The lowest BCUT2D eigenvalue weighted by atomic mass is 9.86. The Morgan fingerprint density at radius 2 is 2.06 bits per heavy atom. The first-order valence-corrected chi connectivity index (χ1v) is 6.19. The van der Waals surface area contributed by atoms with Crippen LogP contribution in [0.1, 0.15) is 30.7 Å². The normalized spacial score (nSPS) is 20.6. The van der Waals surface area contributed by atoms with Crippen molar-refractivity contribution in [2.24, 2.45) is 0 Å². The second kappa shape index (κ2) is 7.39. The van der Waals surface area contributed by atoms with Crippen molar-refractivity contribution in [1.82, 2.24) is 5.32 Å². The maximum absolute atomic E-state index is 11.9. The van der Waals surface area contributed by atoms with Gasteiger partial charge in [-0.1, -0.05) is 36.8 Å². The molecule has 3 nitrogen and oxygen atoms in total. The summed E-state index contributed by atoms with van der Waals surface area (Å²) in [4.78, 5) is 11.9. The second-order valence-corrected chi connectivity index (χ2v) is 4.47. The van der Waals surface area contributed by atoms with Gasteiger partial charge in [0.15, 0.2) is 0 Å². The lowest BCUT2D eigenvalue weighted by Gasteiger charge is -2.29. The number of hydrogen-bond donors (Lipinski definition) is 1. The van der Waals surface area contributed by atoms with Crippen molar-refractivity contribution >= 4 is 18.4 Å². The molecule has 1 aromatic rings. The van der Waals surface area contributed by atoms with Gasteiger partial charge >= 0.3 is 5.97 Å². The Morgan fingerprint density at radius 3 is 2.61 bits per heavy atom. The van der Waals surface area contributed by atoms with Crippen LogP contribution in [0.4, 0.5) is 0 Å². The van der Waals surface area contributed by atoms with Gasteiger partial charge in [-0.2, -0.15) is 0 Å². The van der Waals surface area contributed by atoms with E-state index in [9.17, 15) is 4.79 Å². The van der Waals surface area contributed by atoms with E-state index in [4.69, 9.17) is 4.74 Å². The highest BCUT2D eigenvalue weighted by Crippen LogP contribution is 2.26. The van der Waals surface area contributed by atoms with Crippen LogP contribution in [0.5, 0.6) is 0 Å². The van der Waals surface area contributed by atoms with Gasteiger partial charge < -0.3 is 10.1 Å². The number of piperidine rings is 1. The Balaban J connectivity index is 0.00000162. The van der Waals surface area contributed by atoms with E-state index in [0.29, 0.717) is 0 Å². The van der Waals surface area contributed by atoms with Crippen molar-refractivity contribution in [1.29, 1.82) is 0 Å². The van der Waals surface area contributed by atoms with Crippen molar-refractivity contribution in [2.75, 3.05) is 13.7 Å². The van der Waals surface area contributed by atoms with Crippen molar-refractivity contribution in [3.63, 3.8) is 0 Å². The topological polar surface area (TPSA) is 38.3 Å².